The molecule has 5 aromatic rings. The minimum atomic E-state index is -0.462. The highest BCUT2D eigenvalue weighted by molar-refractivity contribution is 5.95. The molecule has 0 unspecified atom stereocenters. The maximum absolute atomic E-state index is 14.7. The van der Waals surface area contributed by atoms with Crippen molar-refractivity contribution in [2.45, 2.75) is 33.2 Å². The molecule has 0 aliphatic heterocycles. The minimum Gasteiger partial charge on any atom is -0.383 e. The number of methoxy groups -OCH3 is 1. The Kier molecular flexibility index (Phi) is 7.14. The molecule has 10 heteroatoms. The summed E-state index contributed by atoms with van der Waals surface area (Å²) in [4.78, 5) is 17.0. The molecule has 3 heterocycles. The molecule has 0 saturated heterocycles. The lowest BCUT2D eigenvalue weighted by molar-refractivity contribution is 0.0945. The largest absolute Gasteiger partial charge is 0.383 e. The molecular weight excluding hydrogens is 485 g/mol. The molecule has 0 aliphatic carbocycles. The minimum absolute atomic E-state index is 0.0116. The van der Waals surface area contributed by atoms with Crippen LogP contribution in [0.3, 0.4) is 0 Å². The number of carbonyl (C=O) groups is 1. The molecule has 0 spiro atoms. The molecule has 0 bridgehead atoms. The maximum atomic E-state index is 14.7. The van der Waals surface area contributed by atoms with Gasteiger partial charge in [-0.25, -0.2) is 9.37 Å². The van der Waals surface area contributed by atoms with E-state index in [1.54, 1.807) is 36.3 Å². The number of aromatic nitrogens is 5. The number of carbonyl (C=O) groups excluding carboxylic acids is 1. The third-order valence-corrected chi connectivity index (χ3v) is 6.24. The zero-order valence-corrected chi connectivity index (χ0v) is 21.2. The molecule has 1 amide bonds. The Bertz CT molecular complexity index is 1590. The lowest BCUT2D eigenvalue weighted by Gasteiger charge is -2.09. The monoisotopic (exact) mass is 513 g/mol. The van der Waals surface area contributed by atoms with Crippen LogP contribution in [-0.4, -0.2) is 37.6 Å². The second kappa shape index (κ2) is 10.8. The van der Waals surface area contributed by atoms with Gasteiger partial charge in [-0.2, -0.15) is 10.2 Å². The quantitative estimate of drug-likeness (QED) is 0.310. The van der Waals surface area contributed by atoms with Crippen LogP contribution in [0.15, 0.2) is 67.3 Å². The summed E-state index contributed by atoms with van der Waals surface area (Å²) in [5.74, 6) is -0.561. The molecular formula is C28H28FN7O2. The number of nitrogens with zero attached hydrogens (tertiary/aromatic N) is 5. The molecule has 194 valence electrons. The SMILES string of the molecule is COCc1nn(Cc2ccc(Cn3cc(C)cn3)cc2)cc1C(=O)NCc1cc2ccnc(N)c2cc1F. The van der Waals surface area contributed by atoms with Gasteiger partial charge >= 0.3 is 0 Å². The van der Waals surface area contributed by atoms with Crippen molar-refractivity contribution in [3.63, 3.8) is 0 Å². The van der Waals surface area contributed by atoms with E-state index in [1.165, 1.54) is 6.07 Å². The normalized spacial score (nSPS) is 11.2. The van der Waals surface area contributed by atoms with E-state index in [9.17, 15) is 9.18 Å². The van der Waals surface area contributed by atoms with E-state index in [0.29, 0.717) is 35.3 Å². The predicted molar refractivity (Wildman–Crippen MR) is 142 cm³/mol. The summed E-state index contributed by atoms with van der Waals surface area (Å²) in [6.07, 6.45) is 7.09. The van der Waals surface area contributed by atoms with Crippen LogP contribution in [0, 0.1) is 12.7 Å². The first kappa shape index (κ1) is 25.1. The Morgan fingerprint density at radius 1 is 1.08 bits per heavy atom. The van der Waals surface area contributed by atoms with Crippen molar-refractivity contribution < 1.29 is 13.9 Å². The van der Waals surface area contributed by atoms with Gasteiger partial charge in [-0.3, -0.25) is 14.2 Å². The van der Waals surface area contributed by atoms with E-state index in [-0.39, 0.29) is 24.9 Å². The highest BCUT2D eigenvalue weighted by Crippen LogP contribution is 2.23. The standard InChI is InChI=1S/C28H28FN7O2/c1-18-11-33-35(13-18)14-19-3-5-20(6-4-19)15-36-16-24(26(34-36)17-38-2)28(37)32-12-22-9-21-7-8-31-27(30)23(21)10-25(22)29/h3-11,13,16H,12,14-15,17H2,1-2H3,(H2,30,31)(H,32,37). The van der Waals surface area contributed by atoms with E-state index in [1.807, 2.05) is 36.1 Å². The number of fused-ring (bicyclic) bond motifs is 1. The van der Waals surface area contributed by atoms with Crippen LogP contribution in [0.4, 0.5) is 10.2 Å². The first-order valence-corrected chi connectivity index (χ1v) is 12.1. The van der Waals surface area contributed by atoms with Gasteiger partial charge in [-0.15, -0.1) is 0 Å². The zero-order valence-electron chi connectivity index (χ0n) is 21.2. The van der Waals surface area contributed by atoms with E-state index in [0.717, 1.165) is 22.1 Å². The third kappa shape index (κ3) is 5.55. The summed E-state index contributed by atoms with van der Waals surface area (Å²) in [6, 6.07) is 12.9. The molecule has 5 rings (SSSR count). The second-order valence-electron chi connectivity index (χ2n) is 9.20. The van der Waals surface area contributed by atoms with Gasteiger partial charge in [0.05, 0.1) is 31.5 Å². The molecule has 0 fully saturated rings. The van der Waals surface area contributed by atoms with Crippen LogP contribution in [0.1, 0.15) is 38.3 Å². The van der Waals surface area contributed by atoms with Crippen LogP contribution >= 0.6 is 0 Å². The molecule has 0 radical (unpaired) electrons. The molecule has 3 aromatic heterocycles. The summed E-state index contributed by atoms with van der Waals surface area (Å²) in [5, 5.41) is 13.0. The van der Waals surface area contributed by atoms with E-state index < -0.39 is 5.82 Å². The molecule has 3 N–H and O–H groups in total. The molecule has 38 heavy (non-hydrogen) atoms. The smallest absolute Gasteiger partial charge is 0.255 e. The highest BCUT2D eigenvalue weighted by atomic mass is 19.1. The number of pyridine rings is 1. The van der Waals surface area contributed by atoms with Crippen LogP contribution in [0.5, 0.6) is 0 Å². The van der Waals surface area contributed by atoms with Gasteiger partial charge in [-0.1, -0.05) is 24.3 Å². The van der Waals surface area contributed by atoms with Crippen molar-refractivity contribution in [2.24, 2.45) is 0 Å². The molecule has 0 saturated carbocycles. The van der Waals surface area contributed by atoms with Gasteiger partial charge in [0.25, 0.3) is 5.91 Å². The van der Waals surface area contributed by atoms with Gasteiger partial charge < -0.3 is 15.8 Å². The fraction of sp³-hybridized carbons (Fsp3) is 0.214. The number of hydrogen-bond donors (Lipinski definition) is 2. The van der Waals surface area contributed by atoms with Crippen molar-refractivity contribution in [3.05, 3.63) is 107 Å². The Balaban J connectivity index is 1.28. The second-order valence-corrected chi connectivity index (χ2v) is 9.20. The van der Waals surface area contributed by atoms with Crippen molar-refractivity contribution in [1.29, 1.82) is 0 Å². The van der Waals surface area contributed by atoms with Gasteiger partial charge in [-0.05, 0) is 47.2 Å². The summed E-state index contributed by atoms with van der Waals surface area (Å²) in [7, 11) is 1.55. The predicted octanol–water partition coefficient (Wildman–Crippen LogP) is 3.83. The number of halogens is 1. The maximum Gasteiger partial charge on any atom is 0.255 e. The Morgan fingerprint density at radius 3 is 2.50 bits per heavy atom. The van der Waals surface area contributed by atoms with Crippen LogP contribution < -0.4 is 11.1 Å². The van der Waals surface area contributed by atoms with E-state index in [4.69, 9.17) is 10.5 Å². The Morgan fingerprint density at radius 2 is 1.82 bits per heavy atom. The van der Waals surface area contributed by atoms with Crippen molar-refractivity contribution >= 4 is 22.5 Å². The van der Waals surface area contributed by atoms with Crippen LogP contribution in [0.2, 0.25) is 0 Å². The number of rotatable bonds is 9. The fourth-order valence-corrected chi connectivity index (χ4v) is 4.32. The lowest BCUT2D eigenvalue weighted by Crippen LogP contribution is -2.24. The number of hydrogen-bond acceptors (Lipinski definition) is 6. The van der Waals surface area contributed by atoms with Crippen molar-refractivity contribution in [2.75, 3.05) is 12.8 Å². The summed E-state index contributed by atoms with van der Waals surface area (Å²) in [6.45, 7) is 3.38. The van der Waals surface area contributed by atoms with Gasteiger partial charge in [0.15, 0.2) is 0 Å². The van der Waals surface area contributed by atoms with Crippen LogP contribution in [0.25, 0.3) is 10.8 Å². The number of anilines is 1. The van der Waals surface area contributed by atoms with Gasteiger partial charge in [0, 0.05) is 43.2 Å². The summed E-state index contributed by atoms with van der Waals surface area (Å²) >= 11 is 0. The van der Waals surface area contributed by atoms with E-state index >= 15 is 0 Å². The first-order chi connectivity index (χ1) is 18.4. The molecule has 9 nitrogen and oxygen atoms in total. The topological polar surface area (TPSA) is 113 Å². The first-order valence-electron chi connectivity index (χ1n) is 12.1. The molecule has 0 atom stereocenters. The number of amides is 1. The zero-order chi connectivity index (χ0) is 26.6. The molecule has 2 aromatic carbocycles. The Labute approximate surface area is 219 Å². The third-order valence-electron chi connectivity index (χ3n) is 6.24. The average Bonchev–Trinajstić information content (AvgIpc) is 3.50. The van der Waals surface area contributed by atoms with E-state index in [2.05, 4.69) is 32.6 Å². The Hall–Kier alpha value is -4.57. The summed E-state index contributed by atoms with van der Waals surface area (Å²) in [5.41, 5.74) is 10.4. The van der Waals surface area contributed by atoms with Gasteiger partial charge in [0.1, 0.15) is 17.3 Å². The van der Waals surface area contributed by atoms with Crippen molar-refractivity contribution in [3.8, 4) is 0 Å². The number of aryl methyl sites for hydroxylation is 1. The summed E-state index contributed by atoms with van der Waals surface area (Å²) < 4.78 is 23.5. The number of benzene rings is 2. The van der Waals surface area contributed by atoms with Gasteiger partial charge in [0.2, 0.25) is 0 Å². The highest BCUT2D eigenvalue weighted by Gasteiger charge is 2.17. The molecule has 0 aliphatic rings. The van der Waals surface area contributed by atoms with Crippen LogP contribution in [-0.2, 0) is 31.0 Å². The number of nitrogen functional groups attached to an aromatic ring is 1. The number of ether oxygens (including phenoxy) is 1. The lowest BCUT2D eigenvalue weighted by atomic mass is 10.1. The number of nitrogens with two attached hydrogens (primary N) is 1. The fourth-order valence-electron chi connectivity index (χ4n) is 4.32. The van der Waals surface area contributed by atoms with Crippen molar-refractivity contribution in [1.82, 2.24) is 29.9 Å². The average molecular weight is 514 g/mol. The number of nitrogens with one attached hydrogen (secondary N) is 1.